The van der Waals surface area contributed by atoms with Crippen LogP contribution in [0.4, 0.5) is 23.7 Å². The van der Waals surface area contributed by atoms with Crippen molar-refractivity contribution in [2.75, 3.05) is 0 Å². The van der Waals surface area contributed by atoms with Crippen molar-refractivity contribution in [3.8, 4) is 17.1 Å². The lowest BCUT2D eigenvalue weighted by Gasteiger charge is -2.22. The molecule has 11 nitrogen and oxygen atoms in total. The predicted octanol–water partition coefficient (Wildman–Crippen LogP) is 3.51. The minimum atomic E-state index is -4.87. The van der Waals surface area contributed by atoms with Crippen LogP contribution in [0, 0.1) is 10.1 Å². The Hall–Kier alpha value is -4.49. The maximum absolute atomic E-state index is 13.0. The summed E-state index contributed by atoms with van der Waals surface area (Å²) in [7, 11) is 0. The van der Waals surface area contributed by atoms with E-state index < -0.39 is 41.1 Å². The van der Waals surface area contributed by atoms with E-state index in [0.29, 0.717) is 5.56 Å². The highest BCUT2D eigenvalue weighted by Gasteiger charge is 2.49. The number of aromatic nitrogens is 2. The number of nitro groups is 1. The van der Waals surface area contributed by atoms with Crippen molar-refractivity contribution in [2.24, 2.45) is 0 Å². The minimum Gasteiger partial charge on any atom is -0.406 e. The third-order valence-electron chi connectivity index (χ3n) is 5.02. The van der Waals surface area contributed by atoms with Crippen LogP contribution in [0.25, 0.3) is 11.4 Å². The number of halogens is 3. The number of carbonyl (C=O) groups is 2. The van der Waals surface area contributed by atoms with Gasteiger partial charge in [0.2, 0.25) is 11.7 Å². The molecule has 0 aliphatic carbocycles. The SMILES string of the molecule is CC1(c2ccc(OC(F)(F)F)cc2)NC(=O)N(Cc2nc(-c3cccc([N+](=O)[O-])c3)no2)C1=O. The van der Waals surface area contributed by atoms with Crippen molar-refractivity contribution >= 4 is 17.6 Å². The summed E-state index contributed by atoms with van der Waals surface area (Å²) in [6.07, 6.45) is -4.87. The number of benzene rings is 2. The molecule has 3 aromatic rings. The van der Waals surface area contributed by atoms with Crippen molar-refractivity contribution < 1.29 is 36.9 Å². The number of ether oxygens (including phenoxy) is 1. The van der Waals surface area contributed by atoms with Crippen LogP contribution in [0.15, 0.2) is 53.1 Å². The van der Waals surface area contributed by atoms with Gasteiger partial charge in [-0.1, -0.05) is 29.4 Å². The molecule has 0 saturated carbocycles. The standard InChI is InChI=1S/C20H14F3N5O6/c1-19(12-5-7-14(8-6-12)33-20(21,22)23)17(29)27(18(30)25-19)10-15-24-16(26-34-15)11-3-2-4-13(9-11)28(31)32/h2-9H,10H2,1H3,(H,25,30). The van der Waals surface area contributed by atoms with E-state index in [0.717, 1.165) is 17.0 Å². The molecular formula is C20H14F3N5O6. The number of carbonyl (C=O) groups excluding carboxylic acids is 2. The zero-order valence-electron chi connectivity index (χ0n) is 17.2. The van der Waals surface area contributed by atoms with Crippen LogP contribution in [-0.4, -0.2) is 38.3 Å². The highest BCUT2D eigenvalue weighted by atomic mass is 19.4. The summed E-state index contributed by atoms with van der Waals surface area (Å²) in [5.41, 5.74) is -1.21. The fourth-order valence-corrected chi connectivity index (χ4v) is 3.36. The molecule has 1 aliphatic rings. The van der Waals surface area contributed by atoms with Crippen molar-refractivity contribution in [3.63, 3.8) is 0 Å². The number of imide groups is 1. The normalized spacial score (nSPS) is 18.2. The highest BCUT2D eigenvalue weighted by Crippen LogP contribution is 2.32. The number of nitrogens with one attached hydrogen (secondary N) is 1. The largest absolute Gasteiger partial charge is 0.573 e. The number of nitro benzene ring substituents is 1. The zero-order valence-corrected chi connectivity index (χ0v) is 17.2. The van der Waals surface area contributed by atoms with Gasteiger partial charge in [0.15, 0.2) is 0 Å². The third-order valence-corrected chi connectivity index (χ3v) is 5.02. The number of urea groups is 1. The molecule has 1 saturated heterocycles. The molecule has 1 aromatic heterocycles. The Balaban J connectivity index is 1.51. The first-order chi connectivity index (χ1) is 16.0. The number of hydrogen-bond donors (Lipinski definition) is 1. The second-order valence-corrected chi connectivity index (χ2v) is 7.34. The quantitative estimate of drug-likeness (QED) is 0.323. The van der Waals surface area contributed by atoms with Crippen molar-refractivity contribution in [3.05, 3.63) is 70.1 Å². The molecule has 1 unspecified atom stereocenters. The van der Waals surface area contributed by atoms with Gasteiger partial charge in [-0.2, -0.15) is 4.98 Å². The average molecular weight is 477 g/mol. The third kappa shape index (κ3) is 4.37. The maximum Gasteiger partial charge on any atom is 0.573 e. The van der Waals surface area contributed by atoms with E-state index in [-0.39, 0.29) is 23.0 Å². The lowest BCUT2D eigenvalue weighted by Crippen LogP contribution is -2.40. The van der Waals surface area contributed by atoms with E-state index in [4.69, 9.17) is 4.52 Å². The Bertz CT molecular complexity index is 1280. The van der Waals surface area contributed by atoms with Crippen molar-refractivity contribution in [2.45, 2.75) is 25.4 Å². The zero-order chi connectivity index (χ0) is 24.7. The van der Waals surface area contributed by atoms with Gasteiger partial charge in [-0.25, -0.2) is 4.79 Å². The number of alkyl halides is 3. The van der Waals surface area contributed by atoms with Gasteiger partial charge in [0.25, 0.3) is 11.6 Å². The van der Waals surface area contributed by atoms with E-state index in [9.17, 15) is 32.9 Å². The number of non-ortho nitro benzene ring substituents is 1. The van der Waals surface area contributed by atoms with Crippen molar-refractivity contribution in [1.82, 2.24) is 20.4 Å². The van der Waals surface area contributed by atoms with Crippen LogP contribution in [0.1, 0.15) is 18.4 Å². The summed E-state index contributed by atoms with van der Waals surface area (Å²) in [6, 6.07) is 9.24. The number of amides is 3. The van der Waals surface area contributed by atoms with Gasteiger partial charge >= 0.3 is 12.4 Å². The fourth-order valence-electron chi connectivity index (χ4n) is 3.36. The fraction of sp³-hybridized carbons (Fsp3) is 0.200. The first-order valence-corrected chi connectivity index (χ1v) is 9.54. The lowest BCUT2D eigenvalue weighted by atomic mass is 9.92. The maximum atomic E-state index is 13.0. The molecule has 14 heteroatoms. The van der Waals surface area contributed by atoms with Crippen LogP contribution >= 0.6 is 0 Å². The molecule has 1 fully saturated rings. The molecule has 0 bridgehead atoms. The molecule has 1 aliphatic heterocycles. The summed E-state index contributed by atoms with van der Waals surface area (Å²) >= 11 is 0. The molecule has 0 spiro atoms. The van der Waals surface area contributed by atoms with E-state index >= 15 is 0 Å². The summed E-state index contributed by atoms with van der Waals surface area (Å²) in [5, 5.41) is 17.2. The summed E-state index contributed by atoms with van der Waals surface area (Å²) in [4.78, 5) is 40.8. The second-order valence-electron chi connectivity index (χ2n) is 7.34. The van der Waals surface area contributed by atoms with Crippen LogP contribution in [-0.2, 0) is 16.9 Å². The summed E-state index contributed by atoms with van der Waals surface area (Å²) in [5.74, 6) is -1.26. The molecule has 0 radical (unpaired) electrons. The van der Waals surface area contributed by atoms with Crippen LogP contribution in [0.3, 0.4) is 0 Å². The van der Waals surface area contributed by atoms with E-state index in [1.807, 2.05) is 0 Å². The average Bonchev–Trinajstić information content (AvgIpc) is 3.32. The monoisotopic (exact) mass is 477 g/mol. The molecule has 34 heavy (non-hydrogen) atoms. The predicted molar refractivity (Wildman–Crippen MR) is 106 cm³/mol. The van der Waals surface area contributed by atoms with Gasteiger partial charge in [0, 0.05) is 17.7 Å². The first-order valence-electron chi connectivity index (χ1n) is 9.54. The first kappa shape index (κ1) is 22.7. The summed E-state index contributed by atoms with van der Waals surface area (Å²) < 4.78 is 46.0. The van der Waals surface area contributed by atoms with E-state index in [2.05, 4.69) is 20.2 Å². The molecule has 1 N–H and O–H groups in total. The van der Waals surface area contributed by atoms with Gasteiger partial charge < -0.3 is 14.6 Å². The molecule has 3 amide bonds. The van der Waals surface area contributed by atoms with Gasteiger partial charge in [-0.3, -0.25) is 19.8 Å². The Morgan fingerprint density at radius 2 is 1.91 bits per heavy atom. The molecule has 2 aromatic carbocycles. The van der Waals surface area contributed by atoms with Crippen molar-refractivity contribution in [1.29, 1.82) is 0 Å². The van der Waals surface area contributed by atoms with E-state index in [1.54, 1.807) is 0 Å². The van der Waals surface area contributed by atoms with Gasteiger partial charge in [-0.05, 0) is 24.6 Å². The van der Waals surface area contributed by atoms with Gasteiger partial charge in [0.05, 0.1) is 4.92 Å². The van der Waals surface area contributed by atoms with Crippen LogP contribution in [0.5, 0.6) is 5.75 Å². The summed E-state index contributed by atoms with van der Waals surface area (Å²) in [6.45, 7) is 1.01. The van der Waals surface area contributed by atoms with Crippen LogP contribution in [0.2, 0.25) is 0 Å². The second kappa shape index (κ2) is 8.13. The molecule has 2 heterocycles. The smallest absolute Gasteiger partial charge is 0.406 e. The highest BCUT2D eigenvalue weighted by molar-refractivity contribution is 6.07. The topological polar surface area (TPSA) is 141 Å². The Labute approximate surface area is 188 Å². The molecular weight excluding hydrogens is 463 g/mol. The minimum absolute atomic E-state index is 0.0220. The Morgan fingerprint density at radius 1 is 1.21 bits per heavy atom. The lowest BCUT2D eigenvalue weighted by molar-refractivity contribution is -0.384. The molecule has 176 valence electrons. The number of nitrogens with zero attached hydrogens (tertiary/aromatic N) is 4. The van der Waals surface area contributed by atoms with E-state index in [1.165, 1.54) is 43.3 Å². The number of rotatable bonds is 6. The Morgan fingerprint density at radius 3 is 2.56 bits per heavy atom. The van der Waals surface area contributed by atoms with Crippen LogP contribution < -0.4 is 10.1 Å². The Kier molecular flexibility index (Phi) is 5.43. The van der Waals surface area contributed by atoms with Gasteiger partial charge in [0.1, 0.15) is 17.8 Å². The van der Waals surface area contributed by atoms with Gasteiger partial charge in [-0.15, -0.1) is 13.2 Å². The molecule has 1 atom stereocenters. The molecule has 4 rings (SSSR count). The number of hydrogen-bond acceptors (Lipinski definition) is 8.